The van der Waals surface area contributed by atoms with E-state index in [0.717, 1.165) is 11.0 Å². The molecule has 1 aliphatic rings. The second-order valence-corrected chi connectivity index (χ2v) is 6.19. The lowest BCUT2D eigenvalue weighted by Crippen LogP contribution is -2.29. The monoisotopic (exact) mass is 388 g/mol. The lowest BCUT2D eigenvalue weighted by Gasteiger charge is -2.13. The Morgan fingerprint density at radius 3 is 2.31 bits per heavy atom. The van der Waals surface area contributed by atoms with Crippen molar-refractivity contribution in [3.05, 3.63) is 99.6 Å². The molecule has 1 heterocycles. The fraction of sp³-hybridized carbons (Fsp3) is 0. The number of anilines is 1. The molecule has 0 aliphatic carbocycles. The first kappa shape index (κ1) is 18.1. The van der Waals surface area contributed by atoms with Gasteiger partial charge in [-0.2, -0.15) is 0 Å². The molecule has 0 saturated carbocycles. The molecule has 8 nitrogen and oxygen atoms in total. The number of para-hydroxylation sites is 1. The molecule has 0 unspecified atom stereocenters. The number of fused-ring (bicyclic) bond motifs is 1. The van der Waals surface area contributed by atoms with E-state index < -0.39 is 22.7 Å². The van der Waals surface area contributed by atoms with E-state index in [2.05, 4.69) is 0 Å². The van der Waals surface area contributed by atoms with Crippen molar-refractivity contribution in [2.24, 2.45) is 0 Å². The van der Waals surface area contributed by atoms with E-state index >= 15 is 0 Å². The molecule has 0 bridgehead atoms. The van der Waals surface area contributed by atoms with Gasteiger partial charge in [0.2, 0.25) is 0 Å². The second kappa shape index (κ2) is 7.01. The Morgan fingerprint density at radius 1 is 0.862 bits per heavy atom. The van der Waals surface area contributed by atoms with Crippen LogP contribution < -0.4 is 9.64 Å². The van der Waals surface area contributed by atoms with Crippen molar-refractivity contribution in [1.82, 2.24) is 0 Å². The van der Waals surface area contributed by atoms with Gasteiger partial charge in [-0.05, 0) is 36.4 Å². The van der Waals surface area contributed by atoms with E-state index in [1.165, 1.54) is 36.4 Å². The maximum absolute atomic E-state index is 12.8. The normalized spacial score (nSPS) is 12.6. The van der Waals surface area contributed by atoms with Crippen molar-refractivity contribution in [3.63, 3.8) is 0 Å². The zero-order valence-corrected chi connectivity index (χ0v) is 14.8. The molecule has 2 amide bonds. The Balaban J connectivity index is 1.65. The summed E-state index contributed by atoms with van der Waals surface area (Å²) in [5, 5.41) is 11.0. The molecule has 3 aromatic carbocycles. The molecule has 0 fully saturated rings. The third-order valence-corrected chi connectivity index (χ3v) is 4.37. The number of rotatable bonds is 4. The summed E-state index contributed by atoms with van der Waals surface area (Å²) >= 11 is 0. The number of non-ortho nitro benzene ring substituents is 1. The van der Waals surface area contributed by atoms with Crippen LogP contribution in [0.3, 0.4) is 0 Å². The van der Waals surface area contributed by atoms with Crippen molar-refractivity contribution >= 4 is 29.2 Å². The summed E-state index contributed by atoms with van der Waals surface area (Å²) in [6.07, 6.45) is 0. The van der Waals surface area contributed by atoms with Gasteiger partial charge in [0, 0.05) is 12.1 Å². The van der Waals surface area contributed by atoms with Crippen LogP contribution in [0.4, 0.5) is 11.4 Å². The van der Waals surface area contributed by atoms with E-state index in [9.17, 15) is 24.5 Å². The van der Waals surface area contributed by atoms with E-state index in [1.54, 1.807) is 30.3 Å². The maximum Gasteiger partial charge on any atom is 0.343 e. The zero-order valence-electron chi connectivity index (χ0n) is 14.8. The van der Waals surface area contributed by atoms with E-state index in [-0.39, 0.29) is 28.1 Å². The minimum absolute atomic E-state index is 0.0315. The highest BCUT2D eigenvalue weighted by molar-refractivity contribution is 6.34. The van der Waals surface area contributed by atoms with Gasteiger partial charge in [-0.1, -0.05) is 24.3 Å². The Bertz CT molecular complexity index is 1170. The van der Waals surface area contributed by atoms with Crippen LogP contribution in [0.15, 0.2) is 72.8 Å². The molecule has 1 aliphatic heterocycles. The van der Waals surface area contributed by atoms with Crippen molar-refractivity contribution in [1.29, 1.82) is 0 Å². The molecule has 0 aromatic heterocycles. The van der Waals surface area contributed by atoms with Gasteiger partial charge >= 0.3 is 5.97 Å². The second-order valence-electron chi connectivity index (χ2n) is 6.19. The van der Waals surface area contributed by atoms with Crippen molar-refractivity contribution < 1.29 is 24.0 Å². The molecule has 0 N–H and O–H groups in total. The highest BCUT2D eigenvalue weighted by Gasteiger charge is 2.37. The van der Waals surface area contributed by atoms with Crippen LogP contribution in [-0.4, -0.2) is 22.7 Å². The Labute approximate surface area is 164 Å². The van der Waals surface area contributed by atoms with Crippen LogP contribution in [0, 0.1) is 10.1 Å². The molecular formula is C21H12N2O6. The maximum atomic E-state index is 12.8. The Kier molecular flexibility index (Phi) is 4.36. The van der Waals surface area contributed by atoms with Gasteiger partial charge in [0.05, 0.1) is 27.3 Å². The summed E-state index contributed by atoms with van der Waals surface area (Å²) in [5.74, 6) is -1.61. The number of hydrogen-bond acceptors (Lipinski definition) is 6. The molecule has 4 rings (SSSR count). The quantitative estimate of drug-likeness (QED) is 0.222. The van der Waals surface area contributed by atoms with Crippen LogP contribution in [0.5, 0.6) is 5.75 Å². The first-order chi connectivity index (χ1) is 14.0. The molecule has 8 heteroatoms. The first-order valence-electron chi connectivity index (χ1n) is 8.50. The van der Waals surface area contributed by atoms with Gasteiger partial charge in [0.15, 0.2) is 0 Å². The van der Waals surface area contributed by atoms with Crippen LogP contribution in [-0.2, 0) is 0 Å². The number of hydrogen-bond donors (Lipinski definition) is 0. The van der Waals surface area contributed by atoms with Gasteiger partial charge in [-0.3, -0.25) is 19.7 Å². The predicted octanol–water partition coefficient (Wildman–Crippen LogP) is 3.61. The van der Waals surface area contributed by atoms with Gasteiger partial charge in [-0.15, -0.1) is 0 Å². The zero-order chi connectivity index (χ0) is 20.5. The number of carbonyl (C=O) groups is 3. The summed E-state index contributed by atoms with van der Waals surface area (Å²) in [6, 6.07) is 17.7. The molecule has 142 valence electrons. The summed E-state index contributed by atoms with van der Waals surface area (Å²) in [4.78, 5) is 49.1. The fourth-order valence-corrected chi connectivity index (χ4v) is 3.00. The Morgan fingerprint density at radius 2 is 1.59 bits per heavy atom. The Hall–Kier alpha value is -4.33. The molecule has 0 atom stereocenters. The number of benzene rings is 3. The van der Waals surface area contributed by atoms with Crippen molar-refractivity contribution in [2.75, 3.05) is 4.90 Å². The summed E-state index contributed by atoms with van der Waals surface area (Å²) in [5.41, 5.74) is 0.0847. The number of imide groups is 1. The van der Waals surface area contributed by atoms with Crippen LogP contribution in [0.2, 0.25) is 0 Å². The van der Waals surface area contributed by atoms with E-state index in [4.69, 9.17) is 4.74 Å². The number of nitrogens with zero attached hydrogens (tertiary/aromatic N) is 2. The smallest absolute Gasteiger partial charge is 0.343 e. The standard InChI is InChI=1S/C21H12N2O6/c24-19-17-10-9-13(21(26)29-16-7-2-1-3-8-16)11-18(17)20(25)22(19)14-5-4-6-15(12-14)23(27)28/h1-12H. The molecule has 3 aromatic rings. The lowest BCUT2D eigenvalue weighted by molar-refractivity contribution is -0.384. The molecular weight excluding hydrogens is 376 g/mol. The van der Waals surface area contributed by atoms with Crippen LogP contribution in [0.1, 0.15) is 31.1 Å². The summed E-state index contributed by atoms with van der Waals surface area (Å²) < 4.78 is 5.25. The lowest BCUT2D eigenvalue weighted by atomic mass is 10.1. The third-order valence-electron chi connectivity index (χ3n) is 4.37. The number of esters is 1. The average molecular weight is 388 g/mol. The number of amides is 2. The van der Waals surface area contributed by atoms with E-state index in [0.29, 0.717) is 5.75 Å². The number of ether oxygens (including phenoxy) is 1. The van der Waals surface area contributed by atoms with Gasteiger partial charge < -0.3 is 4.74 Å². The minimum atomic E-state index is -0.673. The van der Waals surface area contributed by atoms with Gasteiger partial charge in [0.1, 0.15) is 5.75 Å². The topological polar surface area (TPSA) is 107 Å². The fourth-order valence-electron chi connectivity index (χ4n) is 3.00. The average Bonchev–Trinajstić information content (AvgIpc) is 2.98. The number of nitro benzene ring substituents is 1. The molecule has 0 radical (unpaired) electrons. The van der Waals surface area contributed by atoms with E-state index in [1.807, 2.05) is 0 Å². The van der Waals surface area contributed by atoms with Crippen molar-refractivity contribution in [2.45, 2.75) is 0 Å². The highest BCUT2D eigenvalue weighted by Crippen LogP contribution is 2.31. The first-order valence-corrected chi connectivity index (χ1v) is 8.50. The minimum Gasteiger partial charge on any atom is -0.423 e. The highest BCUT2D eigenvalue weighted by atomic mass is 16.6. The number of nitro groups is 1. The predicted molar refractivity (Wildman–Crippen MR) is 102 cm³/mol. The third kappa shape index (κ3) is 3.23. The van der Waals surface area contributed by atoms with Crippen molar-refractivity contribution in [3.8, 4) is 5.75 Å². The van der Waals surface area contributed by atoms with Crippen LogP contribution in [0.25, 0.3) is 0 Å². The molecule has 0 spiro atoms. The summed E-state index contributed by atoms with van der Waals surface area (Å²) in [6.45, 7) is 0. The number of carbonyl (C=O) groups excluding carboxylic acids is 3. The van der Waals surface area contributed by atoms with Gasteiger partial charge in [0.25, 0.3) is 17.5 Å². The largest absolute Gasteiger partial charge is 0.423 e. The molecule has 0 saturated heterocycles. The van der Waals surface area contributed by atoms with Gasteiger partial charge in [-0.25, -0.2) is 9.69 Å². The van der Waals surface area contributed by atoms with Crippen LogP contribution >= 0.6 is 0 Å². The molecule has 29 heavy (non-hydrogen) atoms. The SMILES string of the molecule is O=C(Oc1ccccc1)c1ccc2c(c1)C(=O)N(c1cccc([N+](=O)[O-])c1)C2=O. The summed E-state index contributed by atoms with van der Waals surface area (Å²) in [7, 11) is 0.